The summed E-state index contributed by atoms with van der Waals surface area (Å²) in [6.45, 7) is 6.25. The maximum absolute atomic E-state index is 13.4. The number of ether oxygens (including phenoxy) is 3. The minimum absolute atomic E-state index is 0.0283. The zero-order valence-corrected chi connectivity index (χ0v) is 10.0. The van der Waals surface area contributed by atoms with Crippen LogP contribution in [0.2, 0.25) is 0 Å². The van der Waals surface area contributed by atoms with Crippen LogP contribution in [-0.4, -0.2) is 30.7 Å². The van der Waals surface area contributed by atoms with Crippen LogP contribution >= 0.6 is 0 Å². The van der Waals surface area contributed by atoms with Crippen molar-refractivity contribution in [1.82, 2.24) is 0 Å². The molecule has 0 aromatic carbocycles. The first-order chi connectivity index (χ1) is 8.08. The van der Waals surface area contributed by atoms with Gasteiger partial charge in [0.15, 0.2) is 0 Å². The van der Waals surface area contributed by atoms with Crippen LogP contribution in [0.25, 0.3) is 0 Å². The number of halogens is 3. The summed E-state index contributed by atoms with van der Waals surface area (Å²) in [5, 5.41) is 0. The number of carbonyl (C=O) groups excluding carboxylic acids is 2. The monoisotopic (exact) mass is 270 g/mol. The Morgan fingerprint density at radius 2 is 1.78 bits per heavy atom. The molecule has 0 saturated carbocycles. The van der Waals surface area contributed by atoms with Crippen molar-refractivity contribution in [2.45, 2.75) is 39.5 Å². The molecule has 2 unspecified atom stereocenters. The second-order valence-electron chi connectivity index (χ2n) is 3.35. The van der Waals surface area contributed by atoms with Crippen LogP contribution in [0, 0.1) is 0 Å². The van der Waals surface area contributed by atoms with Gasteiger partial charge in [-0.2, -0.15) is 13.2 Å². The summed E-state index contributed by atoms with van der Waals surface area (Å²) in [6.07, 6.45) is -5.44. The van der Waals surface area contributed by atoms with Crippen molar-refractivity contribution in [1.29, 1.82) is 0 Å². The van der Waals surface area contributed by atoms with Crippen LogP contribution in [-0.2, 0) is 23.8 Å². The molecule has 8 heteroatoms. The molecule has 5 nitrogen and oxygen atoms in total. The molecule has 104 valence electrons. The maximum atomic E-state index is 13.4. The molecule has 0 aliphatic rings. The molecule has 18 heavy (non-hydrogen) atoms. The van der Waals surface area contributed by atoms with Crippen LogP contribution in [0.15, 0.2) is 12.2 Å². The molecule has 0 radical (unpaired) electrons. The Morgan fingerprint density at radius 3 is 2.11 bits per heavy atom. The van der Waals surface area contributed by atoms with Gasteiger partial charge in [0, 0.05) is 12.5 Å². The van der Waals surface area contributed by atoms with Crippen molar-refractivity contribution in [3.63, 3.8) is 0 Å². The first-order valence-corrected chi connectivity index (χ1v) is 4.79. The molecule has 0 bridgehead atoms. The van der Waals surface area contributed by atoms with E-state index in [0.717, 1.165) is 13.8 Å². The van der Waals surface area contributed by atoms with Crippen molar-refractivity contribution < 1.29 is 37.0 Å². The fourth-order valence-corrected chi connectivity index (χ4v) is 0.818. The summed E-state index contributed by atoms with van der Waals surface area (Å²) in [4.78, 5) is 21.5. The smallest absolute Gasteiger partial charge is 0.431 e. The summed E-state index contributed by atoms with van der Waals surface area (Å²) in [5.41, 5.74) is -0.0283. The summed E-state index contributed by atoms with van der Waals surface area (Å²) < 4.78 is 50.4. The van der Waals surface area contributed by atoms with Gasteiger partial charge < -0.3 is 9.47 Å². The molecule has 0 aromatic heterocycles. The minimum atomic E-state index is -3.97. The van der Waals surface area contributed by atoms with Crippen LogP contribution in [0.1, 0.15) is 20.8 Å². The lowest BCUT2D eigenvalue weighted by atomic mass is 10.4. The number of esters is 2. The lowest BCUT2D eigenvalue weighted by Crippen LogP contribution is -2.43. The molecule has 0 saturated heterocycles. The molecule has 0 aromatic rings. The lowest BCUT2D eigenvalue weighted by Gasteiger charge is -2.26. The van der Waals surface area contributed by atoms with E-state index in [1.54, 1.807) is 0 Å². The highest BCUT2D eigenvalue weighted by molar-refractivity contribution is 5.86. The van der Waals surface area contributed by atoms with Gasteiger partial charge in [0.1, 0.15) is 0 Å². The maximum Gasteiger partial charge on any atom is 0.431 e. The van der Waals surface area contributed by atoms with E-state index in [9.17, 15) is 22.8 Å². The highest BCUT2D eigenvalue weighted by atomic mass is 19.3. The average Bonchev–Trinajstić information content (AvgIpc) is 2.14. The van der Waals surface area contributed by atoms with Crippen molar-refractivity contribution >= 4 is 11.9 Å². The quantitative estimate of drug-likeness (QED) is 0.419. The first kappa shape index (κ1) is 16.4. The van der Waals surface area contributed by atoms with Gasteiger partial charge in [-0.05, 0) is 13.8 Å². The van der Waals surface area contributed by atoms with Gasteiger partial charge >= 0.3 is 24.4 Å². The van der Waals surface area contributed by atoms with Gasteiger partial charge in [-0.15, -0.1) is 0 Å². The topological polar surface area (TPSA) is 61.8 Å². The van der Waals surface area contributed by atoms with Crippen LogP contribution in [0.5, 0.6) is 0 Å². The van der Waals surface area contributed by atoms with Crippen LogP contribution < -0.4 is 0 Å². The summed E-state index contributed by atoms with van der Waals surface area (Å²) in [7, 11) is 0. The third-order valence-corrected chi connectivity index (χ3v) is 1.49. The SMILES string of the molecule is C=C(C)C(=O)OC(C)OC(F)(OC(C)=O)C(F)F. The molecule has 0 heterocycles. The zero-order chi connectivity index (χ0) is 14.5. The summed E-state index contributed by atoms with van der Waals surface area (Å²) in [5.74, 6) is -2.27. The number of alkyl halides is 3. The molecule has 0 fully saturated rings. The fourth-order valence-electron chi connectivity index (χ4n) is 0.818. The zero-order valence-electron chi connectivity index (χ0n) is 10.0. The van der Waals surface area contributed by atoms with Gasteiger partial charge in [0.2, 0.25) is 6.29 Å². The van der Waals surface area contributed by atoms with Crippen molar-refractivity contribution in [3.8, 4) is 0 Å². The third kappa shape index (κ3) is 5.17. The normalized spacial score (nSPS) is 15.7. The Balaban J connectivity index is 4.64. The first-order valence-electron chi connectivity index (χ1n) is 4.79. The Bertz CT molecular complexity index is 344. The number of hydrogen-bond acceptors (Lipinski definition) is 5. The predicted octanol–water partition coefficient (Wildman–Crippen LogP) is 1.92. The van der Waals surface area contributed by atoms with E-state index in [4.69, 9.17) is 0 Å². The number of rotatable bonds is 6. The van der Waals surface area contributed by atoms with E-state index in [1.165, 1.54) is 6.92 Å². The number of carbonyl (C=O) groups is 2. The standard InChI is InChI=1S/C10H13F3O5/c1-5(2)8(15)16-7(4)18-10(13,9(11)12)17-6(3)14/h7,9H,1H2,2-4H3. The predicted molar refractivity (Wildman–Crippen MR) is 53.1 cm³/mol. The minimum Gasteiger partial charge on any atom is -0.432 e. The molecule has 2 atom stereocenters. The second-order valence-corrected chi connectivity index (χ2v) is 3.35. The Morgan fingerprint density at radius 1 is 1.28 bits per heavy atom. The Hall–Kier alpha value is -1.57. The van der Waals surface area contributed by atoms with Gasteiger partial charge in [-0.1, -0.05) is 6.58 Å². The van der Waals surface area contributed by atoms with Crippen LogP contribution in [0.3, 0.4) is 0 Å². The van der Waals surface area contributed by atoms with E-state index < -0.39 is 30.7 Å². The van der Waals surface area contributed by atoms with Crippen molar-refractivity contribution in [2.75, 3.05) is 0 Å². The Kier molecular flexibility index (Phi) is 5.83. The molecule has 0 amide bonds. The van der Waals surface area contributed by atoms with Gasteiger partial charge in [0.25, 0.3) is 0 Å². The van der Waals surface area contributed by atoms with E-state index >= 15 is 0 Å². The number of hydrogen-bond donors (Lipinski definition) is 0. The molecule has 0 aliphatic carbocycles. The molecular formula is C10H13F3O5. The lowest BCUT2D eigenvalue weighted by molar-refractivity contribution is -0.382. The van der Waals surface area contributed by atoms with E-state index in [1.807, 2.05) is 0 Å². The van der Waals surface area contributed by atoms with Crippen LogP contribution in [0.4, 0.5) is 13.2 Å². The molecule has 0 rings (SSSR count). The summed E-state index contributed by atoms with van der Waals surface area (Å²) in [6, 6.07) is -3.97. The highest BCUT2D eigenvalue weighted by Crippen LogP contribution is 2.26. The molecule has 0 aliphatic heterocycles. The van der Waals surface area contributed by atoms with Gasteiger partial charge in [0.05, 0.1) is 0 Å². The fraction of sp³-hybridized carbons (Fsp3) is 0.600. The van der Waals surface area contributed by atoms with Gasteiger partial charge in [-0.3, -0.25) is 9.53 Å². The second kappa shape index (κ2) is 6.39. The Labute approximate surface area is 101 Å². The van der Waals surface area contributed by atoms with E-state index in [-0.39, 0.29) is 5.57 Å². The molecular weight excluding hydrogens is 257 g/mol. The molecule has 0 N–H and O–H groups in total. The van der Waals surface area contributed by atoms with Crippen molar-refractivity contribution in [3.05, 3.63) is 12.2 Å². The third-order valence-electron chi connectivity index (χ3n) is 1.49. The average molecular weight is 270 g/mol. The highest BCUT2D eigenvalue weighted by Gasteiger charge is 2.48. The van der Waals surface area contributed by atoms with Crippen molar-refractivity contribution in [2.24, 2.45) is 0 Å². The van der Waals surface area contributed by atoms with Gasteiger partial charge in [-0.25, -0.2) is 4.79 Å². The molecule has 0 spiro atoms. The largest absolute Gasteiger partial charge is 0.432 e. The summed E-state index contributed by atoms with van der Waals surface area (Å²) >= 11 is 0. The van der Waals surface area contributed by atoms with E-state index in [0.29, 0.717) is 0 Å². The van der Waals surface area contributed by atoms with E-state index in [2.05, 4.69) is 20.8 Å².